The molecule has 0 saturated heterocycles. The zero-order valence-electron chi connectivity index (χ0n) is 8.74. The Bertz CT molecular complexity index is 304. The van der Waals surface area contributed by atoms with Crippen LogP contribution in [0.5, 0.6) is 0 Å². The van der Waals surface area contributed by atoms with Crippen LogP contribution in [-0.4, -0.2) is 25.6 Å². The second kappa shape index (κ2) is 5.05. The first kappa shape index (κ1) is 11.1. The minimum absolute atomic E-state index is 0.190. The van der Waals surface area contributed by atoms with Crippen LogP contribution < -0.4 is 0 Å². The lowest BCUT2D eigenvalue weighted by Gasteiger charge is -2.00. The van der Waals surface area contributed by atoms with E-state index in [9.17, 15) is 4.79 Å². The summed E-state index contributed by atoms with van der Waals surface area (Å²) in [6, 6.07) is 8.11. The van der Waals surface area contributed by atoms with Crippen LogP contribution >= 0.6 is 0 Å². The van der Waals surface area contributed by atoms with Crippen molar-refractivity contribution in [2.75, 3.05) is 19.6 Å². The number of carbonyl (C=O) groups excluding carboxylic acids is 1. The van der Waals surface area contributed by atoms with E-state index in [2.05, 4.69) is 29.4 Å². The van der Waals surface area contributed by atoms with Crippen molar-refractivity contribution in [1.82, 2.24) is 0 Å². The van der Waals surface area contributed by atoms with E-state index in [1.54, 1.807) is 0 Å². The van der Waals surface area contributed by atoms with Gasteiger partial charge in [-0.1, -0.05) is 12.1 Å². The van der Waals surface area contributed by atoms with E-state index in [0.29, 0.717) is 6.42 Å². The van der Waals surface area contributed by atoms with Gasteiger partial charge in [0.05, 0.1) is 13.5 Å². The SMILES string of the molecule is COC(=O)Cc1ccc([S+](C)C)cc1. The average molecular weight is 211 g/mol. The van der Waals surface area contributed by atoms with Gasteiger partial charge in [-0.2, -0.15) is 0 Å². The summed E-state index contributed by atoms with van der Waals surface area (Å²) in [6.45, 7) is 0. The highest BCUT2D eigenvalue weighted by Crippen LogP contribution is 2.11. The van der Waals surface area contributed by atoms with Crippen molar-refractivity contribution in [3.05, 3.63) is 29.8 Å². The number of carbonyl (C=O) groups is 1. The zero-order chi connectivity index (χ0) is 10.6. The Kier molecular flexibility index (Phi) is 4.01. The van der Waals surface area contributed by atoms with Gasteiger partial charge < -0.3 is 4.74 Å². The van der Waals surface area contributed by atoms with Crippen LogP contribution in [0, 0.1) is 0 Å². The maximum absolute atomic E-state index is 11.0. The largest absolute Gasteiger partial charge is 0.469 e. The number of hydrogen-bond donors (Lipinski definition) is 0. The summed E-state index contributed by atoms with van der Waals surface area (Å²) in [5.74, 6) is -0.190. The van der Waals surface area contributed by atoms with Gasteiger partial charge in [-0.3, -0.25) is 4.79 Å². The molecule has 0 spiro atoms. The van der Waals surface area contributed by atoms with Crippen molar-refractivity contribution in [3.63, 3.8) is 0 Å². The van der Waals surface area contributed by atoms with Crippen molar-refractivity contribution in [2.45, 2.75) is 11.3 Å². The Morgan fingerprint density at radius 3 is 2.29 bits per heavy atom. The van der Waals surface area contributed by atoms with Crippen molar-refractivity contribution in [1.29, 1.82) is 0 Å². The lowest BCUT2D eigenvalue weighted by Crippen LogP contribution is -2.04. The first-order valence-electron chi connectivity index (χ1n) is 4.37. The molecule has 0 heterocycles. The standard InChI is InChI=1S/C11H15O2S/c1-13-11(12)8-9-4-6-10(7-5-9)14(2)3/h4-7H,8H2,1-3H3/q+1. The molecule has 0 atom stereocenters. The van der Waals surface area contributed by atoms with Crippen LogP contribution in [0.15, 0.2) is 29.2 Å². The van der Waals surface area contributed by atoms with Gasteiger partial charge in [0, 0.05) is 10.9 Å². The number of hydrogen-bond acceptors (Lipinski definition) is 2. The van der Waals surface area contributed by atoms with Gasteiger partial charge in [0.1, 0.15) is 12.5 Å². The molecule has 0 aromatic heterocycles. The molecule has 0 aliphatic rings. The third kappa shape index (κ3) is 3.07. The van der Waals surface area contributed by atoms with Crippen molar-refractivity contribution >= 4 is 16.9 Å². The molecule has 0 aliphatic carbocycles. The van der Waals surface area contributed by atoms with Crippen molar-refractivity contribution in [3.8, 4) is 0 Å². The third-order valence-corrected chi connectivity index (χ3v) is 3.19. The van der Waals surface area contributed by atoms with E-state index in [1.165, 1.54) is 12.0 Å². The molecular formula is C11H15O2S+. The summed E-state index contributed by atoms with van der Waals surface area (Å²) >= 11 is 0. The number of esters is 1. The van der Waals surface area contributed by atoms with Gasteiger partial charge in [0.2, 0.25) is 0 Å². The summed E-state index contributed by atoms with van der Waals surface area (Å²) in [7, 11) is 1.69. The maximum atomic E-state index is 11.0. The van der Waals surface area contributed by atoms with E-state index in [0.717, 1.165) is 5.56 Å². The predicted molar refractivity (Wildman–Crippen MR) is 59.6 cm³/mol. The second-order valence-corrected chi connectivity index (χ2v) is 5.32. The predicted octanol–water partition coefficient (Wildman–Crippen LogP) is 1.64. The molecule has 0 saturated carbocycles. The zero-order valence-corrected chi connectivity index (χ0v) is 9.56. The minimum Gasteiger partial charge on any atom is -0.469 e. The number of rotatable bonds is 3. The molecule has 2 nitrogen and oxygen atoms in total. The van der Waals surface area contributed by atoms with Crippen LogP contribution in [0.25, 0.3) is 0 Å². The van der Waals surface area contributed by atoms with Crippen LogP contribution in [0.1, 0.15) is 5.56 Å². The van der Waals surface area contributed by atoms with E-state index in [4.69, 9.17) is 0 Å². The first-order chi connectivity index (χ1) is 6.63. The first-order valence-corrected chi connectivity index (χ1v) is 6.41. The lowest BCUT2D eigenvalue weighted by atomic mass is 10.2. The Morgan fingerprint density at radius 1 is 1.29 bits per heavy atom. The molecule has 0 amide bonds. The number of methoxy groups -OCH3 is 1. The summed E-state index contributed by atoms with van der Waals surface area (Å²) in [5, 5.41) is 0. The third-order valence-electron chi connectivity index (χ3n) is 1.97. The Hall–Kier alpha value is -0.960. The fourth-order valence-electron chi connectivity index (χ4n) is 1.12. The molecule has 1 aromatic carbocycles. The van der Waals surface area contributed by atoms with Crippen molar-refractivity contribution < 1.29 is 9.53 Å². The molecule has 3 heteroatoms. The average Bonchev–Trinajstić information content (AvgIpc) is 2.18. The van der Waals surface area contributed by atoms with Crippen LogP contribution in [0.4, 0.5) is 0 Å². The fourth-order valence-corrected chi connectivity index (χ4v) is 1.80. The molecule has 76 valence electrons. The topological polar surface area (TPSA) is 26.3 Å². The van der Waals surface area contributed by atoms with Gasteiger partial charge in [-0.05, 0) is 17.7 Å². The molecule has 0 N–H and O–H groups in total. The Morgan fingerprint density at radius 2 is 1.86 bits per heavy atom. The fraction of sp³-hybridized carbons (Fsp3) is 0.364. The molecule has 14 heavy (non-hydrogen) atoms. The molecule has 1 rings (SSSR count). The summed E-state index contributed by atoms with van der Waals surface area (Å²) in [4.78, 5) is 12.3. The molecule has 1 aromatic rings. The highest BCUT2D eigenvalue weighted by Gasteiger charge is 2.08. The van der Waals surface area contributed by atoms with E-state index in [1.807, 2.05) is 12.1 Å². The molecule has 0 unspecified atom stereocenters. The van der Waals surface area contributed by atoms with Gasteiger partial charge in [-0.25, -0.2) is 0 Å². The minimum atomic E-state index is -0.190. The second-order valence-electron chi connectivity index (χ2n) is 3.21. The molecule has 0 fully saturated rings. The van der Waals surface area contributed by atoms with Gasteiger partial charge in [0.15, 0.2) is 4.90 Å². The normalized spacial score (nSPS) is 10.3. The number of benzene rings is 1. The molecule has 0 aliphatic heterocycles. The highest BCUT2D eigenvalue weighted by molar-refractivity contribution is 7.95. The molecular weight excluding hydrogens is 196 g/mol. The monoisotopic (exact) mass is 211 g/mol. The lowest BCUT2D eigenvalue weighted by molar-refractivity contribution is -0.139. The number of ether oxygens (including phenoxy) is 1. The quantitative estimate of drug-likeness (QED) is 0.561. The van der Waals surface area contributed by atoms with Crippen LogP contribution in [0.3, 0.4) is 0 Å². The van der Waals surface area contributed by atoms with Crippen molar-refractivity contribution in [2.24, 2.45) is 0 Å². The Balaban J connectivity index is 2.69. The van der Waals surface area contributed by atoms with E-state index < -0.39 is 0 Å². The van der Waals surface area contributed by atoms with Gasteiger partial charge >= 0.3 is 5.97 Å². The summed E-state index contributed by atoms with van der Waals surface area (Å²) in [5.41, 5.74) is 1.01. The van der Waals surface area contributed by atoms with Crippen LogP contribution in [0.2, 0.25) is 0 Å². The maximum Gasteiger partial charge on any atom is 0.309 e. The Labute approximate surface area is 87.6 Å². The van der Waals surface area contributed by atoms with Gasteiger partial charge in [-0.15, -0.1) is 0 Å². The van der Waals surface area contributed by atoms with Gasteiger partial charge in [0.25, 0.3) is 0 Å². The molecule has 0 bridgehead atoms. The molecule has 0 radical (unpaired) electrons. The van der Waals surface area contributed by atoms with Crippen LogP contribution in [-0.2, 0) is 26.8 Å². The summed E-state index contributed by atoms with van der Waals surface area (Å²) in [6.07, 6.45) is 4.71. The van der Waals surface area contributed by atoms with E-state index >= 15 is 0 Å². The van der Waals surface area contributed by atoms with E-state index in [-0.39, 0.29) is 16.9 Å². The highest BCUT2D eigenvalue weighted by atomic mass is 32.2. The summed E-state index contributed by atoms with van der Waals surface area (Å²) < 4.78 is 4.59. The smallest absolute Gasteiger partial charge is 0.309 e.